The van der Waals surface area contributed by atoms with E-state index in [2.05, 4.69) is 31.2 Å². The molecule has 0 saturated carbocycles. The number of rotatable bonds is 6. The largest absolute Gasteiger partial charge is 0.493 e. The van der Waals surface area contributed by atoms with Crippen molar-refractivity contribution in [2.24, 2.45) is 5.10 Å². The Balaban J connectivity index is 2.20. The third-order valence-corrected chi connectivity index (χ3v) is 4.53. The van der Waals surface area contributed by atoms with E-state index in [4.69, 9.17) is 32.7 Å². The fourth-order valence-corrected chi connectivity index (χ4v) is 3.05. The highest BCUT2D eigenvalue weighted by Gasteiger charge is 2.13. The van der Waals surface area contributed by atoms with Crippen molar-refractivity contribution >= 4 is 51.4 Å². The lowest BCUT2D eigenvalue weighted by atomic mass is 10.2. The van der Waals surface area contributed by atoms with Crippen LogP contribution in [0.5, 0.6) is 11.5 Å². The first-order valence-corrected chi connectivity index (χ1v) is 8.81. The number of amides is 1. The maximum Gasteiger partial charge on any atom is 0.427 e. The predicted octanol–water partition coefficient (Wildman–Crippen LogP) is 5.03. The van der Waals surface area contributed by atoms with Crippen LogP contribution in [-0.4, -0.2) is 26.5 Å². The van der Waals surface area contributed by atoms with Gasteiger partial charge in [-0.05, 0) is 45.8 Å². The highest BCUT2D eigenvalue weighted by Crippen LogP contribution is 2.37. The Morgan fingerprint density at radius 2 is 1.96 bits per heavy atom. The first-order chi connectivity index (χ1) is 12.5. The van der Waals surface area contributed by atoms with E-state index in [1.807, 2.05) is 0 Å². The molecule has 9 heteroatoms. The van der Waals surface area contributed by atoms with E-state index < -0.39 is 6.09 Å². The number of hydrogen-bond donors (Lipinski definition) is 1. The maximum atomic E-state index is 11.0. The van der Waals surface area contributed by atoms with Crippen LogP contribution in [-0.2, 0) is 11.3 Å². The van der Waals surface area contributed by atoms with Gasteiger partial charge in [0.05, 0.1) is 24.9 Å². The molecule has 26 heavy (non-hydrogen) atoms. The smallest absolute Gasteiger partial charge is 0.427 e. The quantitative estimate of drug-likeness (QED) is 0.483. The number of hydrazone groups is 1. The summed E-state index contributed by atoms with van der Waals surface area (Å²) >= 11 is 15.8. The molecule has 0 saturated heterocycles. The summed E-state index contributed by atoms with van der Waals surface area (Å²) in [5.74, 6) is 0.962. The molecule has 0 aliphatic heterocycles. The number of ether oxygens (including phenoxy) is 3. The van der Waals surface area contributed by atoms with Crippen LogP contribution in [0.2, 0.25) is 10.0 Å². The van der Waals surface area contributed by atoms with Gasteiger partial charge in [0.2, 0.25) is 0 Å². The topological polar surface area (TPSA) is 69.2 Å². The number of carbonyl (C=O) groups excluding carboxylic acids is 1. The Kier molecular flexibility index (Phi) is 7.56. The Hall–Kier alpha value is -1.96. The van der Waals surface area contributed by atoms with Crippen LogP contribution < -0.4 is 14.9 Å². The van der Waals surface area contributed by atoms with E-state index in [0.717, 1.165) is 0 Å². The Labute approximate surface area is 169 Å². The summed E-state index contributed by atoms with van der Waals surface area (Å²) < 4.78 is 16.3. The standard InChI is InChI=1S/C17H15BrCl2N2O4/c1-24-15-7-10(8-21-22-17(23)25-2)6-12(18)16(15)26-9-11-13(19)4-3-5-14(11)20/h3-8H,9H2,1-2H3,(H,22,23)/b21-8-. The maximum absolute atomic E-state index is 11.0. The van der Waals surface area contributed by atoms with Gasteiger partial charge in [0.25, 0.3) is 0 Å². The Morgan fingerprint density at radius 3 is 2.58 bits per heavy atom. The molecule has 0 fully saturated rings. The minimum atomic E-state index is -0.663. The van der Waals surface area contributed by atoms with E-state index in [9.17, 15) is 4.79 Å². The molecule has 2 aromatic rings. The summed E-state index contributed by atoms with van der Waals surface area (Å²) in [5.41, 5.74) is 3.56. The fourth-order valence-electron chi connectivity index (χ4n) is 1.97. The van der Waals surface area contributed by atoms with E-state index >= 15 is 0 Å². The van der Waals surface area contributed by atoms with Crippen LogP contribution in [0.25, 0.3) is 0 Å². The molecule has 0 aliphatic carbocycles. The highest BCUT2D eigenvalue weighted by atomic mass is 79.9. The molecule has 1 N–H and O–H groups in total. The first kappa shape index (κ1) is 20.4. The third kappa shape index (κ3) is 5.27. The van der Waals surface area contributed by atoms with E-state index in [-0.39, 0.29) is 6.61 Å². The molecule has 1 amide bonds. The molecular formula is C17H15BrCl2N2O4. The zero-order valence-corrected chi connectivity index (χ0v) is 17.0. The minimum Gasteiger partial charge on any atom is -0.493 e. The highest BCUT2D eigenvalue weighted by molar-refractivity contribution is 9.10. The molecule has 2 aromatic carbocycles. The van der Waals surface area contributed by atoms with Crippen molar-refractivity contribution in [1.29, 1.82) is 0 Å². The summed E-state index contributed by atoms with van der Waals surface area (Å²) in [6.45, 7) is 0.171. The summed E-state index contributed by atoms with van der Waals surface area (Å²) in [6.07, 6.45) is 0.780. The van der Waals surface area contributed by atoms with Gasteiger partial charge >= 0.3 is 6.09 Å². The van der Waals surface area contributed by atoms with Crippen LogP contribution >= 0.6 is 39.1 Å². The molecule has 138 valence electrons. The van der Waals surface area contributed by atoms with Crippen molar-refractivity contribution in [3.8, 4) is 11.5 Å². The molecule has 0 atom stereocenters. The van der Waals surface area contributed by atoms with E-state index in [1.54, 1.807) is 30.3 Å². The van der Waals surface area contributed by atoms with Crippen LogP contribution in [0.15, 0.2) is 39.9 Å². The van der Waals surface area contributed by atoms with Gasteiger partial charge < -0.3 is 14.2 Å². The van der Waals surface area contributed by atoms with Gasteiger partial charge in [-0.2, -0.15) is 5.10 Å². The summed E-state index contributed by atoms with van der Waals surface area (Å²) in [4.78, 5) is 11.0. The van der Waals surface area contributed by atoms with Crippen LogP contribution in [0.4, 0.5) is 4.79 Å². The monoisotopic (exact) mass is 460 g/mol. The molecule has 0 unspecified atom stereocenters. The zero-order valence-electron chi connectivity index (χ0n) is 13.9. The summed E-state index contributed by atoms with van der Waals surface area (Å²) in [5, 5.41) is 4.81. The van der Waals surface area contributed by atoms with Crippen LogP contribution in [0, 0.1) is 0 Å². The normalized spacial score (nSPS) is 10.7. The second kappa shape index (κ2) is 9.66. The van der Waals surface area contributed by atoms with E-state index in [1.165, 1.54) is 20.4 Å². The molecule has 0 spiro atoms. The minimum absolute atomic E-state index is 0.171. The second-order valence-electron chi connectivity index (χ2n) is 4.88. The molecule has 0 aliphatic rings. The number of halogens is 3. The molecular weight excluding hydrogens is 447 g/mol. The summed E-state index contributed by atoms with van der Waals surface area (Å²) in [6, 6.07) is 8.71. The van der Waals surface area contributed by atoms with Gasteiger partial charge in [-0.3, -0.25) is 0 Å². The lowest BCUT2D eigenvalue weighted by Gasteiger charge is -2.14. The van der Waals surface area contributed by atoms with E-state index in [0.29, 0.717) is 37.1 Å². The van der Waals surface area contributed by atoms with Crippen molar-refractivity contribution < 1.29 is 19.0 Å². The molecule has 0 radical (unpaired) electrons. The van der Waals surface area contributed by atoms with Gasteiger partial charge in [-0.1, -0.05) is 29.3 Å². The Bertz CT molecular complexity index is 810. The third-order valence-electron chi connectivity index (χ3n) is 3.23. The average molecular weight is 462 g/mol. The zero-order chi connectivity index (χ0) is 19.1. The van der Waals surface area contributed by atoms with Crippen molar-refractivity contribution in [2.45, 2.75) is 6.61 Å². The molecule has 2 rings (SSSR count). The number of hydrogen-bond acceptors (Lipinski definition) is 5. The molecule has 0 bridgehead atoms. The van der Waals surface area contributed by atoms with Gasteiger partial charge in [0.1, 0.15) is 6.61 Å². The van der Waals surface area contributed by atoms with Crippen molar-refractivity contribution in [3.63, 3.8) is 0 Å². The number of methoxy groups -OCH3 is 2. The molecule has 0 heterocycles. The second-order valence-corrected chi connectivity index (χ2v) is 6.55. The number of nitrogens with zero attached hydrogens (tertiary/aromatic N) is 1. The van der Waals surface area contributed by atoms with Crippen molar-refractivity contribution in [3.05, 3.63) is 56.0 Å². The first-order valence-electron chi connectivity index (χ1n) is 7.26. The lowest BCUT2D eigenvalue weighted by molar-refractivity contribution is 0.171. The molecule has 6 nitrogen and oxygen atoms in total. The predicted molar refractivity (Wildman–Crippen MR) is 105 cm³/mol. The van der Waals surface area contributed by atoms with Gasteiger partial charge in [0.15, 0.2) is 11.5 Å². The fraction of sp³-hybridized carbons (Fsp3) is 0.176. The van der Waals surface area contributed by atoms with Gasteiger partial charge in [-0.25, -0.2) is 10.2 Å². The number of carbonyl (C=O) groups is 1. The number of benzene rings is 2. The number of nitrogens with one attached hydrogen (secondary N) is 1. The Morgan fingerprint density at radius 1 is 1.27 bits per heavy atom. The SMILES string of the molecule is COC(=O)N/N=C\c1cc(Br)c(OCc2c(Cl)cccc2Cl)c(OC)c1. The van der Waals surface area contributed by atoms with Gasteiger partial charge in [-0.15, -0.1) is 0 Å². The van der Waals surface area contributed by atoms with Crippen LogP contribution in [0.3, 0.4) is 0 Å². The average Bonchev–Trinajstić information content (AvgIpc) is 2.62. The van der Waals surface area contributed by atoms with Gasteiger partial charge in [0, 0.05) is 15.6 Å². The van der Waals surface area contributed by atoms with Crippen molar-refractivity contribution in [2.75, 3.05) is 14.2 Å². The van der Waals surface area contributed by atoms with Crippen LogP contribution in [0.1, 0.15) is 11.1 Å². The lowest BCUT2D eigenvalue weighted by Crippen LogP contribution is -2.16. The molecule has 0 aromatic heterocycles. The summed E-state index contributed by atoms with van der Waals surface area (Å²) in [7, 11) is 2.77. The van der Waals surface area contributed by atoms with Crippen molar-refractivity contribution in [1.82, 2.24) is 5.43 Å².